The number of pyridine rings is 1. The van der Waals surface area contributed by atoms with Crippen molar-refractivity contribution in [3.05, 3.63) is 54.4 Å². The molecule has 124 valence electrons. The van der Waals surface area contributed by atoms with E-state index in [1.165, 1.54) is 6.33 Å². The summed E-state index contributed by atoms with van der Waals surface area (Å²) >= 11 is 1.92. The first-order valence-electron chi connectivity index (χ1n) is 7.94. The summed E-state index contributed by atoms with van der Waals surface area (Å²) in [6.45, 7) is 2.14. The number of hydrogen-bond acceptors (Lipinski definition) is 6. The molecule has 2 aromatic heterocycles. The molecule has 6 nitrogen and oxygen atoms in total. The van der Waals surface area contributed by atoms with E-state index in [0.717, 1.165) is 30.8 Å². The van der Waals surface area contributed by atoms with Gasteiger partial charge in [0.1, 0.15) is 12.0 Å². The largest absolute Gasteiger partial charge is 0.373 e. The molecule has 2 aliphatic heterocycles. The molecule has 0 saturated carbocycles. The van der Waals surface area contributed by atoms with Crippen LogP contribution in [-0.4, -0.2) is 55.5 Å². The Kier molecular flexibility index (Phi) is 4.20. The van der Waals surface area contributed by atoms with Crippen molar-refractivity contribution in [3.63, 3.8) is 0 Å². The van der Waals surface area contributed by atoms with Gasteiger partial charge in [-0.2, -0.15) is 0 Å². The van der Waals surface area contributed by atoms with E-state index in [4.69, 9.17) is 4.74 Å². The molecule has 0 aliphatic carbocycles. The molecule has 2 saturated heterocycles. The SMILES string of the molecule is O=C(c1ccncn1)N1CC2(C[C@H](OCc3cccnc3)CS2)C1. The highest BCUT2D eigenvalue weighted by Gasteiger charge is 2.51. The van der Waals surface area contributed by atoms with Gasteiger partial charge in [0, 0.05) is 37.4 Å². The number of nitrogens with zero attached hydrogens (tertiary/aromatic N) is 4. The summed E-state index contributed by atoms with van der Waals surface area (Å²) in [5.41, 5.74) is 1.56. The molecular formula is C17H18N4O2S. The van der Waals surface area contributed by atoms with E-state index >= 15 is 0 Å². The van der Waals surface area contributed by atoms with E-state index in [0.29, 0.717) is 12.3 Å². The smallest absolute Gasteiger partial charge is 0.272 e. The van der Waals surface area contributed by atoms with Crippen molar-refractivity contribution in [2.45, 2.75) is 23.9 Å². The molecule has 2 aliphatic rings. The van der Waals surface area contributed by atoms with Crippen molar-refractivity contribution < 1.29 is 9.53 Å². The van der Waals surface area contributed by atoms with Gasteiger partial charge in [-0.3, -0.25) is 9.78 Å². The topological polar surface area (TPSA) is 68.2 Å². The van der Waals surface area contributed by atoms with Crippen LogP contribution < -0.4 is 0 Å². The molecule has 2 fully saturated rings. The second-order valence-corrected chi connectivity index (χ2v) is 7.74. The average molecular weight is 342 g/mol. The molecule has 4 heterocycles. The Hall–Kier alpha value is -1.99. The maximum Gasteiger partial charge on any atom is 0.272 e. The molecule has 1 atom stereocenters. The van der Waals surface area contributed by atoms with Gasteiger partial charge in [-0.1, -0.05) is 6.07 Å². The normalized spacial score (nSPS) is 21.7. The van der Waals surface area contributed by atoms with E-state index in [-0.39, 0.29) is 16.8 Å². The molecule has 2 aromatic rings. The van der Waals surface area contributed by atoms with Crippen molar-refractivity contribution in [1.29, 1.82) is 0 Å². The van der Waals surface area contributed by atoms with Crippen LogP contribution in [0.5, 0.6) is 0 Å². The number of rotatable bonds is 4. The molecule has 0 aromatic carbocycles. The van der Waals surface area contributed by atoms with Gasteiger partial charge in [0.15, 0.2) is 0 Å². The van der Waals surface area contributed by atoms with Gasteiger partial charge in [0.2, 0.25) is 0 Å². The van der Waals surface area contributed by atoms with Gasteiger partial charge in [0.05, 0.1) is 17.5 Å². The van der Waals surface area contributed by atoms with Crippen LogP contribution in [0.2, 0.25) is 0 Å². The molecular weight excluding hydrogens is 324 g/mol. The first-order valence-corrected chi connectivity index (χ1v) is 8.92. The number of carbonyl (C=O) groups is 1. The Balaban J connectivity index is 1.28. The Morgan fingerprint density at radius 3 is 3.00 bits per heavy atom. The van der Waals surface area contributed by atoms with Crippen molar-refractivity contribution in [2.24, 2.45) is 0 Å². The van der Waals surface area contributed by atoms with Crippen LogP contribution in [0.4, 0.5) is 0 Å². The van der Waals surface area contributed by atoms with E-state index in [1.54, 1.807) is 18.5 Å². The quantitative estimate of drug-likeness (QED) is 0.844. The first kappa shape index (κ1) is 15.5. The van der Waals surface area contributed by atoms with Gasteiger partial charge >= 0.3 is 0 Å². The van der Waals surface area contributed by atoms with Crippen molar-refractivity contribution in [3.8, 4) is 0 Å². The van der Waals surface area contributed by atoms with Crippen LogP contribution in [-0.2, 0) is 11.3 Å². The minimum Gasteiger partial charge on any atom is -0.373 e. The van der Waals surface area contributed by atoms with Gasteiger partial charge in [-0.05, 0) is 24.1 Å². The first-order chi connectivity index (χ1) is 11.7. The van der Waals surface area contributed by atoms with Crippen LogP contribution in [0, 0.1) is 0 Å². The Morgan fingerprint density at radius 2 is 2.25 bits per heavy atom. The summed E-state index contributed by atoms with van der Waals surface area (Å²) < 4.78 is 6.17. The maximum atomic E-state index is 12.3. The third-order valence-corrected chi connectivity index (χ3v) is 6.01. The molecule has 0 bridgehead atoms. The predicted octanol–water partition coefficient (Wildman–Crippen LogP) is 1.79. The molecule has 7 heteroatoms. The summed E-state index contributed by atoms with van der Waals surface area (Å²) in [7, 11) is 0. The highest BCUT2D eigenvalue weighted by atomic mass is 32.2. The van der Waals surface area contributed by atoms with Crippen molar-refractivity contribution in [1.82, 2.24) is 19.9 Å². The zero-order valence-electron chi connectivity index (χ0n) is 13.2. The number of aromatic nitrogens is 3. The minimum absolute atomic E-state index is 0.0108. The van der Waals surface area contributed by atoms with Crippen LogP contribution in [0.25, 0.3) is 0 Å². The van der Waals surface area contributed by atoms with Crippen LogP contribution in [0.15, 0.2) is 43.1 Å². The summed E-state index contributed by atoms with van der Waals surface area (Å²) in [6, 6.07) is 5.61. The van der Waals surface area contributed by atoms with Gasteiger partial charge in [0.25, 0.3) is 5.91 Å². The zero-order chi connectivity index (χ0) is 16.4. The fourth-order valence-electron chi connectivity index (χ4n) is 3.20. The van der Waals surface area contributed by atoms with Crippen LogP contribution in [0.3, 0.4) is 0 Å². The monoisotopic (exact) mass is 342 g/mol. The Labute approximate surface area is 144 Å². The second-order valence-electron chi connectivity index (χ2n) is 6.25. The third kappa shape index (κ3) is 3.14. The highest BCUT2D eigenvalue weighted by Crippen LogP contribution is 2.46. The fourth-order valence-corrected chi connectivity index (χ4v) is 4.75. The number of amides is 1. The van der Waals surface area contributed by atoms with E-state index < -0.39 is 0 Å². The van der Waals surface area contributed by atoms with E-state index in [1.807, 2.05) is 35.0 Å². The lowest BCUT2D eigenvalue weighted by atomic mass is 9.92. The molecule has 4 rings (SSSR count). The third-order valence-electron chi connectivity index (χ3n) is 4.43. The lowest BCUT2D eigenvalue weighted by Gasteiger charge is -2.47. The predicted molar refractivity (Wildman–Crippen MR) is 90.6 cm³/mol. The summed E-state index contributed by atoms with van der Waals surface area (Å²) in [5.74, 6) is 0.971. The van der Waals surface area contributed by atoms with E-state index in [9.17, 15) is 4.79 Å². The summed E-state index contributed by atoms with van der Waals surface area (Å²) in [5, 5.41) is 0. The molecule has 0 N–H and O–H groups in total. The van der Waals surface area contributed by atoms with Crippen LogP contribution >= 0.6 is 11.8 Å². The Morgan fingerprint density at radius 1 is 1.33 bits per heavy atom. The number of likely N-dealkylation sites (tertiary alicyclic amines) is 1. The van der Waals surface area contributed by atoms with Crippen molar-refractivity contribution >= 4 is 17.7 Å². The van der Waals surface area contributed by atoms with Crippen molar-refractivity contribution in [2.75, 3.05) is 18.8 Å². The second kappa shape index (κ2) is 6.49. The average Bonchev–Trinajstić information content (AvgIpc) is 3.04. The fraction of sp³-hybridized carbons (Fsp3) is 0.412. The summed E-state index contributed by atoms with van der Waals surface area (Å²) in [4.78, 5) is 26.2. The van der Waals surface area contributed by atoms with E-state index in [2.05, 4.69) is 15.0 Å². The van der Waals surface area contributed by atoms with Crippen LogP contribution in [0.1, 0.15) is 22.5 Å². The highest BCUT2D eigenvalue weighted by molar-refractivity contribution is 8.01. The zero-order valence-corrected chi connectivity index (χ0v) is 14.0. The van der Waals surface area contributed by atoms with Gasteiger partial charge < -0.3 is 9.64 Å². The maximum absolute atomic E-state index is 12.3. The molecule has 0 radical (unpaired) electrons. The lowest BCUT2D eigenvalue weighted by Crippen LogP contribution is -2.60. The standard InChI is InChI=1S/C17H18N4O2S/c22-16(15-3-5-19-12-20-15)21-10-17(11-21)6-14(9-24-17)23-8-13-2-1-4-18-7-13/h1-5,7,12,14H,6,8-11H2/t14-/m0/s1. The molecule has 0 unspecified atom stereocenters. The number of ether oxygens (including phenoxy) is 1. The number of carbonyl (C=O) groups excluding carboxylic acids is 1. The summed E-state index contributed by atoms with van der Waals surface area (Å²) in [6.07, 6.45) is 7.85. The number of hydrogen-bond donors (Lipinski definition) is 0. The van der Waals surface area contributed by atoms with Gasteiger partial charge in [-0.25, -0.2) is 9.97 Å². The minimum atomic E-state index is -0.0108. The molecule has 1 spiro atoms. The molecule has 1 amide bonds. The lowest BCUT2D eigenvalue weighted by molar-refractivity contribution is 0.0252. The van der Waals surface area contributed by atoms with Gasteiger partial charge in [-0.15, -0.1) is 11.8 Å². The molecule has 24 heavy (non-hydrogen) atoms. The Bertz CT molecular complexity index is 707. The number of thioether (sulfide) groups is 1.